The molecular formula is C4H7AsO2S2. The monoisotopic (exact) mass is 226 g/mol. The van der Waals surface area contributed by atoms with Crippen LogP contribution in [0.4, 0.5) is 0 Å². The second kappa shape index (κ2) is 2.66. The first-order valence-corrected chi connectivity index (χ1v) is 10.0. The van der Waals surface area contributed by atoms with E-state index in [9.17, 15) is 5.11 Å². The second-order valence-electron chi connectivity index (χ2n) is 2.03. The van der Waals surface area contributed by atoms with Crippen LogP contribution in [0.1, 0.15) is 0 Å². The minimum atomic E-state index is -0.957. The zero-order valence-corrected chi connectivity index (χ0v) is 8.20. The number of aliphatic hydroxyl groups excluding tert-OH is 1. The molecule has 3 atom stereocenters. The van der Waals surface area contributed by atoms with Gasteiger partial charge in [-0.25, -0.2) is 0 Å². The Morgan fingerprint density at radius 3 is 3.00 bits per heavy atom. The Hall–Kier alpha value is 1.18. The van der Waals surface area contributed by atoms with Crippen LogP contribution < -0.4 is 0 Å². The Labute approximate surface area is 65.3 Å². The van der Waals surface area contributed by atoms with E-state index in [4.69, 9.17) is 3.73 Å². The van der Waals surface area contributed by atoms with Gasteiger partial charge in [0, 0.05) is 0 Å². The van der Waals surface area contributed by atoms with Crippen LogP contribution in [-0.4, -0.2) is 41.5 Å². The molecule has 2 bridgehead atoms. The molecule has 2 nitrogen and oxygen atoms in total. The first-order chi connectivity index (χ1) is 4.36. The van der Waals surface area contributed by atoms with Gasteiger partial charge >= 0.3 is 65.3 Å². The summed E-state index contributed by atoms with van der Waals surface area (Å²) in [5.41, 5.74) is 0. The normalized spacial score (nSPS) is 49.7. The fraction of sp³-hybridized carbons (Fsp3) is 1.00. The van der Waals surface area contributed by atoms with Gasteiger partial charge in [-0.2, -0.15) is 0 Å². The van der Waals surface area contributed by atoms with Gasteiger partial charge < -0.3 is 0 Å². The summed E-state index contributed by atoms with van der Waals surface area (Å²) in [5.74, 6) is 1.95. The predicted octanol–water partition coefficient (Wildman–Crippen LogP) is 0.211. The zero-order chi connectivity index (χ0) is 6.27. The van der Waals surface area contributed by atoms with Gasteiger partial charge in [-0.15, -0.1) is 0 Å². The molecule has 2 heterocycles. The quantitative estimate of drug-likeness (QED) is 0.598. The van der Waals surface area contributed by atoms with Gasteiger partial charge in [0.05, 0.1) is 0 Å². The molecule has 1 N–H and O–H groups in total. The molecule has 5 heteroatoms. The van der Waals surface area contributed by atoms with Crippen molar-refractivity contribution < 1.29 is 8.83 Å². The fourth-order valence-corrected chi connectivity index (χ4v) is 12.0. The summed E-state index contributed by atoms with van der Waals surface area (Å²) >= 11 is -0.957. The molecule has 0 aromatic carbocycles. The Bertz CT molecular complexity index is 123. The fourth-order valence-electron chi connectivity index (χ4n) is 0.799. The number of rotatable bonds is 0. The summed E-state index contributed by atoms with van der Waals surface area (Å²) < 4.78 is 5.53. The van der Waals surface area contributed by atoms with E-state index >= 15 is 0 Å². The van der Waals surface area contributed by atoms with Crippen molar-refractivity contribution in [1.29, 1.82) is 0 Å². The van der Waals surface area contributed by atoms with Crippen molar-refractivity contribution in [2.45, 2.75) is 12.2 Å². The summed E-state index contributed by atoms with van der Waals surface area (Å²) in [5, 5.41) is 9.26. The molecule has 0 aromatic heterocycles. The average molecular weight is 226 g/mol. The van der Waals surface area contributed by atoms with Crippen LogP contribution in [0, 0.1) is 0 Å². The van der Waals surface area contributed by atoms with Crippen molar-refractivity contribution in [3.63, 3.8) is 0 Å². The van der Waals surface area contributed by atoms with Gasteiger partial charge in [0.2, 0.25) is 0 Å². The van der Waals surface area contributed by atoms with Crippen molar-refractivity contribution in [2.24, 2.45) is 0 Å². The summed E-state index contributed by atoms with van der Waals surface area (Å²) in [4.78, 5) is 0. The van der Waals surface area contributed by atoms with E-state index in [2.05, 4.69) is 0 Å². The van der Waals surface area contributed by atoms with Crippen LogP contribution in [0.2, 0.25) is 0 Å². The third-order valence-electron chi connectivity index (χ3n) is 1.35. The van der Waals surface area contributed by atoms with Gasteiger partial charge in [0.15, 0.2) is 0 Å². The van der Waals surface area contributed by atoms with E-state index in [1.807, 2.05) is 20.0 Å². The van der Waals surface area contributed by atoms with Crippen molar-refractivity contribution in [1.82, 2.24) is 0 Å². The maximum absolute atomic E-state index is 9.26. The van der Waals surface area contributed by atoms with Crippen molar-refractivity contribution in [3.8, 4) is 0 Å². The van der Waals surface area contributed by atoms with E-state index in [1.54, 1.807) is 0 Å². The molecule has 52 valence electrons. The summed E-state index contributed by atoms with van der Waals surface area (Å²) in [7, 11) is 3.79. The third kappa shape index (κ3) is 1.29. The maximum atomic E-state index is 9.26. The molecule has 0 radical (unpaired) electrons. The summed E-state index contributed by atoms with van der Waals surface area (Å²) in [6.45, 7) is 0. The molecule has 9 heavy (non-hydrogen) atoms. The predicted molar refractivity (Wildman–Crippen MR) is 41.5 cm³/mol. The second-order valence-corrected chi connectivity index (χ2v) is 12.5. The summed E-state index contributed by atoms with van der Waals surface area (Å²) in [6.07, 6.45) is 0.00637. The van der Waals surface area contributed by atoms with Gasteiger partial charge in [-0.05, 0) is 0 Å². The van der Waals surface area contributed by atoms with Gasteiger partial charge in [0.1, 0.15) is 0 Å². The van der Waals surface area contributed by atoms with E-state index < -0.39 is 12.7 Å². The molecular weight excluding hydrogens is 219 g/mol. The van der Waals surface area contributed by atoms with Crippen LogP contribution in [-0.2, 0) is 3.73 Å². The van der Waals surface area contributed by atoms with E-state index in [0.717, 1.165) is 11.5 Å². The summed E-state index contributed by atoms with van der Waals surface area (Å²) in [6, 6.07) is 0. The Balaban J connectivity index is 2.05. The van der Waals surface area contributed by atoms with E-state index in [-0.39, 0.29) is 12.2 Å². The Kier molecular flexibility index (Phi) is 2.03. The van der Waals surface area contributed by atoms with Crippen molar-refractivity contribution in [2.75, 3.05) is 11.5 Å². The number of hydrogen-bond acceptors (Lipinski definition) is 4. The molecule has 0 saturated carbocycles. The van der Waals surface area contributed by atoms with Gasteiger partial charge in [-0.3, -0.25) is 0 Å². The number of fused-ring (bicyclic) bond motifs is 2. The number of hydrogen-bond donors (Lipinski definition) is 1. The number of aliphatic hydroxyl groups is 1. The molecule has 0 amide bonds. The molecule has 1 unspecified atom stereocenters. The Morgan fingerprint density at radius 1 is 1.44 bits per heavy atom. The van der Waals surface area contributed by atoms with Gasteiger partial charge in [-0.1, -0.05) is 0 Å². The molecule has 2 rings (SSSR count). The Morgan fingerprint density at radius 2 is 2.22 bits per heavy atom. The molecule has 0 aromatic rings. The third-order valence-corrected chi connectivity index (χ3v) is 12.4. The first-order valence-electron chi connectivity index (χ1n) is 2.77. The van der Waals surface area contributed by atoms with Crippen LogP contribution in [0.25, 0.3) is 0 Å². The van der Waals surface area contributed by atoms with E-state index in [0.29, 0.717) is 0 Å². The minimum absolute atomic E-state index is 0.185. The topological polar surface area (TPSA) is 29.5 Å². The molecule has 0 spiro atoms. The van der Waals surface area contributed by atoms with Crippen LogP contribution in [0.5, 0.6) is 0 Å². The van der Waals surface area contributed by atoms with Crippen LogP contribution in [0.15, 0.2) is 0 Å². The van der Waals surface area contributed by atoms with Crippen molar-refractivity contribution in [3.05, 3.63) is 0 Å². The molecule has 2 saturated heterocycles. The van der Waals surface area contributed by atoms with Crippen LogP contribution in [0.3, 0.4) is 0 Å². The molecule has 2 fully saturated rings. The SMILES string of the molecule is O[C@@H]1CS[As]2O[C@H]1CS2. The van der Waals surface area contributed by atoms with E-state index in [1.165, 1.54) is 0 Å². The van der Waals surface area contributed by atoms with Crippen molar-refractivity contribution >= 4 is 32.7 Å². The molecule has 2 aliphatic heterocycles. The molecule has 0 aliphatic carbocycles. The standard InChI is InChI=1S/C4H7AsO2S2/c6-3-1-8-5-7-4(3)2-9-5/h3-4,6H,1-2H2/t3-,4+,5?/m1/s1. The van der Waals surface area contributed by atoms with Gasteiger partial charge in [0.25, 0.3) is 0 Å². The van der Waals surface area contributed by atoms with Crippen LogP contribution >= 0.6 is 20.0 Å². The average Bonchev–Trinajstić information content (AvgIpc) is 2.25. The first kappa shape index (κ1) is 6.86. The zero-order valence-electron chi connectivity index (χ0n) is 4.69. The molecule has 2 aliphatic rings.